The fourth-order valence-corrected chi connectivity index (χ4v) is 3.70. The zero-order chi connectivity index (χ0) is 18.1. The summed E-state index contributed by atoms with van der Waals surface area (Å²) in [6, 6.07) is 9.04. The molecule has 128 valence electrons. The van der Waals surface area contributed by atoms with Gasteiger partial charge in [-0.1, -0.05) is 12.1 Å². The van der Waals surface area contributed by atoms with Crippen molar-refractivity contribution >= 4 is 16.0 Å². The summed E-state index contributed by atoms with van der Waals surface area (Å²) in [5, 5.41) is 9.25. The molecule has 5 nitrogen and oxygen atoms in total. The van der Waals surface area contributed by atoms with Gasteiger partial charge in [-0.05, 0) is 62.2 Å². The molecule has 0 spiro atoms. The molecule has 0 fully saturated rings. The van der Waals surface area contributed by atoms with Gasteiger partial charge >= 0.3 is 5.97 Å². The third kappa shape index (κ3) is 4.18. The van der Waals surface area contributed by atoms with Crippen LogP contribution in [0.2, 0.25) is 0 Å². The smallest absolute Gasteiger partial charge is 0.336 e. The molecule has 0 aliphatic rings. The summed E-state index contributed by atoms with van der Waals surface area (Å²) in [7, 11) is -3.78. The molecule has 2 N–H and O–H groups in total. The molecule has 0 aliphatic carbocycles. The second-order valence-electron chi connectivity index (χ2n) is 6.38. The van der Waals surface area contributed by atoms with Crippen molar-refractivity contribution in [1.29, 1.82) is 0 Å². The van der Waals surface area contributed by atoms with Gasteiger partial charge in [0, 0.05) is 5.54 Å². The topological polar surface area (TPSA) is 83.5 Å². The number of hydrogen-bond acceptors (Lipinski definition) is 3. The molecule has 2 rings (SSSR count). The van der Waals surface area contributed by atoms with E-state index in [1.807, 2.05) is 0 Å². The number of aromatic carboxylic acids is 1. The van der Waals surface area contributed by atoms with Crippen molar-refractivity contribution in [2.75, 3.05) is 0 Å². The molecule has 0 radical (unpaired) electrons. The van der Waals surface area contributed by atoms with Crippen molar-refractivity contribution in [3.8, 4) is 11.1 Å². The standard InChI is InChI=1S/C17H18FNO4S/c1-17(2,3)19-24(22,23)13-6-4-5-11(9-13)15-10-12(18)7-8-14(15)16(20)21/h4-10,19H,1-3H3,(H,20,21). The molecule has 2 aromatic rings. The van der Waals surface area contributed by atoms with Crippen LogP contribution in [-0.2, 0) is 10.0 Å². The van der Waals surface area contributed by atoms with Crippen LogP contribution in [-0.4, -0.2) is 25.0 Å². The van der Waals surface area contributed by atoms with Crippen LogP contribution in [0, 0.1) is 5.82 Å². The highest BCUT2D eigenvalue weighted by atomic mass is 32.2. The average molecular weight is 351 g/mol. The largest absolute Gasteiger partial charge is 0.478 e. The molecule has 0 amide bonds. The van der Waals surface area contributed by atoms with Crippen LogP contribution in [0.25, 0.3) is 11.1 Å². The van der Waals surface area contributed by atoms with E-state index in [4.69, 9.17) is 0 Å². The molecule has 0 atom stereocenters. The van der Waals surface area contributed by atoms with E-state index in [-0.39, 0.29) is 16.0 Å². The lowest BCUT2D eigenvalue weighted by Crippen LogP contribution is -2.40. The van der Waals surface area contributed by atoms with Crippen LogP contribution < -0.4 is 4.72 Å². The summed E-state index contributed by atoms with van der Waals surface area (Å²) >= 11 is 0. The Balaban J connectivity index is 2.57. The van der Waals surface area contributed by atoms with Crippen LogP contribution >= 0.6 is 0 Å². The second kappa shape index (κ2) is 6.33. The highest BCUT2D eigenvalue weighted by Gasteiger charge is 2.23. The maximum absolute atomic E-state index is 13.5. The predicted molar refractivity (Wildman–Crippen MR) is 88.9 cm³/mol. The number of rotatable bonds is 4. The van der Waals surface area contributed by atoms with Gasteiger partial charge in [-0.25, -0.2) is 22.3 Å². The zero-order valence-corrected chi connectivity index (χ0v) is 14.3. The van der Waals surface area contributed by atoms with E-state index in [1.165, 1.54) is 24.3 Å². The number of carboxylic acids is 1. The van der Waals surface area contributed by atoms with E-state index < -0.39 is 27.3 Å². The number of carbonyl (C=O) groups is 1. The molecular formula is C17H18FNO4S. The second-order valence-corrected chi connectivity index (χ2v) is 8.06. The van der Waals surface area contributed by atoms with Crippen LogP contribution in [0.4, 0.5) is 4.39 Å². The maximum atomic E-state index is 13.5. The highest BCUT2D eigenvalue weighted by Crippen LogP contribution is 2.27. The first-order chi connectivity index (χ1) is 11.0. The van der Waals surface area contributed by atoms with E-state index in [1.54, 1.807) is 20.8 Å². The van der Waals surface area contributed by atoms with Crippen molar-refractivity contribution in [1.82, 2.24) is 4.72 Å². The minimum absolute atomic E-state index is 0.0180. The third-order valence-corrected chi connectivity index (χ3v) is 4.86. The van der Waals surface area contributed by atoms with Gasteiger partial charge in [0.2, 0.25) is 10.0 Å². The number of carboxylic acid groups (broad SMARTS) is 1. The maximum Gasteiger partial charge on any atom is 0.336 e. The monoisotopic (exact) mass is 351 g/mol. The number of halogens is 1. The molecule has 0 saturated heterocycles. The predicted octanol–water partition coefficient (Wildman–Crippen LogP) is 3.27. The van der Waals surface area contributed by atoms with Crippen LogP contribution in [0.15, 0.2) is 47.4 Å². The van der Waals surface area contributed by atoms with Crippen molar-refractivity contribution in [3.63, 3.8) is 0 Å². The van der Waals surface area contributed by atoms with Gasteiger partial charge in [-0.2, -0.15) is 0 Å². The van der Waals surface area contributed by atoms with Gasteiger partial charge in [0.15, 0.2) is 0 Å². The Morgan fingerprint density at radius 3 is 2.38 bits per heavy atom. The summed E-state index contributed by atoms with van der Waals surface area (Å²) in [6.07, 6.45) is 0. The minimum Gasteiger partial charge on any atom is -0.478 e. The Hall–Kier alpha value is -2.25. The van der Waals surface area contributed by atoms with E-state index in [2.05, 4.69) is 4.72 Å². The third-order valence-electron chi connectivity index (χ3n) is 3.11. The lowest BCUT2D eigenvalue weighted by atomic mass is 9.99. The molecule has 24 heavy (non-hydrogen) atoms. The summed E-state index contributed by atoms with van der Waals surface area (Å²) in [5.41, 5.74) is -0.339. The quantitative estimate of drug-likeness (QED) is 0.885. The number of sulfonamides is 1. The van der Waals surface area contributed by atoms with Gasteiger partial charge in [0.05, 0.1) is 10.5 Å². The van der Waals surface area contributed by atoms with Gasteiger partial charge in [0.1, 0.15) is 5.82 Å². The number of hydrogen-bond donors (Lipinski definition) is 2. The van der Waals surface area contributed by atoms with Crippen molar-refractivity contribution in [2.45, 2.75) is 31.2 Å². The van der Waals surface area contributed by atoms with E-state index in [0.29, 0.717) is 5.56 Å². The molecule has 0 unspecified atom stereocenters. The highest BCUT2D eigenvalue weighted by molar-refractivity contribution is 7.89. The Morgan fingerprint density at radius 2 is 1.79 bits per heavy atom. The minimum atomic E-state index is -3.78. The Morgan fingerprint density at radius 1 is 1.12 bits per heavy atom. The first-order valence-corrected chi connectivity index (χ1v) is 8.65. The molecule has 0 aliphatic heterocycles. The van der Waals surface area contributed by atoms with Crippen LogP contribution in [0.5, 0.6) is 0 Å². The number of benzene rings is 2. The molecule has 0 saturated carbocycles. The van der Waals surface area contributed by atoms with Crippen molar-refractivity contribution in [2.24, 2.45) is 0 Å². The van der Waals surface area contributed by atoms with Crippen LogP contribution in [0.3, 0.4) is 0 Å². The molecule has 7 heteroatoms. The number of nitrogens with one attached hydrogen (secondary N) is 1. The Bertz CT molecular complexity index is 886. The summed E-state index contributed by atoms with van der Waals surface area (Å²) in [4.78, 5) is 11.3. The first-order valence-electron chi connectivity index (χ1n) is 7.17. The lowest BCUT2D eigenvalue weighted by Gasteiger charge is -2.20. The summed E-state index contributed by atoms with van der Waals surface area (Å²) in [5.74, 6) is -1.82. The summed E-state index contributed by atoms with van der Waals surface area (Å²) < 4.78 is 40.9. The SMILES string of the molecule is CC(C)(C)NS(=O)(=O)c1cccc(-c2cc(F)ccc2C(=O)O)c1. The molecule has 0 heterocycles. The fourth-order valence-electron chi connectivity index (χ4n) is 2.23. The molecular weight excluding hydrogens is 333 g/mol. The van der Waals surface area contributed by atoms with Gasteiger partial charge in [0.25, 0.3) is 0 Å². The van der Waals surface area contributed by atoms with Gasteiger partial charge < -0.3 is 5.11 Å². The van der Waals surface area contributed by atoms with Crippen molar-refractivity contribution in [3.05, 3.63) is 53.8 Å². The van der Waals surface area contributed by atoms with E-state index in [0.717, 1.165) is 18.2 Å². The van der Waals surface area contributed by atoms with Crippen LogP contribution in [0.1, 0.15) is 31.1 Å². The van der Waals surface area contributed by atoms with Gasteiger partial charge in [-0.15, -0.1) is 0 Å². The van der Waals surface area contributed by atoms with E-state index >= 15 is 0 Å². The normalized spacial score (nSPS) is 12.2. The fraction of sp³-hybridized carbons (Fsp3) is 0.235. The van der Waals surface area contributed by atoms with E-state index in [9.17, 15) is 22.7 Å². The Labute approximate surface area is 140 Å². The summed E-state index contributed by atoms with van der Waals surface area (Å²) in [6.45, 7) is 5.14. The zero-order valence-electron chi connectivity index (χ0n) is 13.5. The van der Waals surface area contributed by atoms with Crippen molar-refractivity contribution < 1.29 is 22.7 Å². The molecule has 0 aromatic heterocycles. The first kappa shape index (κ1) is 18.1. The molecule has 0 bridgehead atoms. The Kier molecular flexibility index (Phi) is 4.77. The molecule has 2 aromatic carbocycles. The van der Waals surface area contributed by atoms with Gasteiger partial charge in [-0.3, -0.25) is 0 Å². The average Bonchev–Trinajstić information content (AvgIpc) is 2.44. The lowest BCUT2D eigenvalue weighted by molar-refractivity contribution is 0.0697.